The number of nitrogens with zero attached hydrogens (tertiary/aromatic N) is 1. The normalized spacial score (nSPS) is 11.7. The van der Waals surface area contributed by atoms with Gasteiger partial charge >= 0.3 is 0 Å². The summed E-state index contributed by atoms with van der Waals surface area (Å²) in [6.45, 7) is 8.54. The molecule has 1 aromatic rings. The highest BCUT2D eigenvalue weighted by atomic mass is 14.8. The van der Waals surface area contributed by atoms with Gasteiger partial charge in [0.25, 0.3) is 0 Å². The quantitative estimate of drug-likeness (QED) is 0.638. The van der Waals surface area contributed by atoms with Gasteiger partial charge in [-0.15, -0.1) is 0 Å². The van der Waals surface area contributed by atoms with Crippen LogP contribution >= 0.6 is 0 Å². The fourth-order valence-electron chi connectivity index (χ4n) is 1.36. The Morgan fingerprint density at radius 3 is 2.33 bits per heavy atom. The molecule has 0 atom stereocenters. The SMILES string of the molecule is Cc1c(C(C)(C)C)ccnc1N. The average Bonchev–Trinajstić information content (AvgIpc) is 1.92. The zero-order chi connectivity index (χ0) is 9.35. The second-order valence-electron chi connectivity index (χ2n) is 4.12. The van der Waals surface area contributed by atoms with Gasteiger partial charge in [-0.05, 0) is 29.5 Å². The van der Waals surface area contributed by atoms with E-state index in [4.69, 9.17) is 5.73 Å². The molecule has 0 saturated carbocycles. The number of pyridine rings is 1. The molecule has 0 aliphatic heterocycles. The summed E-state index contributed by atoms with van der Waals surface area (Å²) in [6.07, 6.45) is 1.77. The van der Waals surface area contributed by atoms with Gasteiger partial charge in [-0.3, -0.25) is 0 Å². The Bertz CT molecular complexity index is 284. The molecule has 0 radical (unpaired) electrons. The van der Waals surface area contributed by atoms with Crippen molar-refractivity contribution in [2.45, 2.75) is 33.1 Å². The van der Waals surface area contributed by atoms with E-state index in [1.807, 2.05) is 13.0 Å². The molecule has 0 aromatic carbocycles. The van der Waals surface area contributed by atoms with Gasteiger partial charge < -0.3 is 5.73 Å². The molecular weight excluding hydrogens is 148 g/mol. The van der Waals surface area contributed by atoms with E-state index in [9.17, 15) is 0 Å². The summed E-state index contributed by atoms with van der Waals surface area (Å²) in [6, 6.07) is 2.03. The molecule has 2 heteroatoms. The fraction of sp³-hybridized carbons (Fsp3) is 0.500. The van der Waals surface area contributed by atoms with Crippen molar-refractivity contribution in [3.8, 4) is 0 Å². The van der Waals surface area contributed by atoms with Gasteiger partial charge in [-0.1, -0.05) is 20.8 Å². The topological polar surface area (TPSA) is 38.9 Å². The van der Waals surface area contributed by atoms with Crippen LogP contribution in [0.4, 0.5) is 5.82 Å². The van der Waals surface area contributed by atoms with E-state index in [0.717, 1.165) is 5.56 Å². The van der Waals surface area contributed by atoms with Crippen molar-refractivity contribution in [3.63, 3.8) is 0 Å². The second-order valence-corrected chi connectivity index (χ2v) is 4.12. The molecule has 0 bridgehead atoms. The molecule has 2 nitrogen and oxygen atoms in total. The van der Waals surface area contributed by atoms with Crippen molar-refractivity contribution in [2.75, 3.05) is 5.73 Å². The Hall–Kier alpha value is -1.05. The first kappa shape index (κ1) is 9.04. The standard InChI is InChI=1S/C10H16N2/c1-7-8(10(2,3)4)5-6-12-9(7)11/h5-6H,1-4H3,(H2,11,12). The molecule has 12 heavy (non-hydrogen) atoms. The average molecular weight is 164 g/mol. The lowest BCUT2D eigenvalue weighted by atomic mass is 9.85. The molecule has 0 aliphatic carbocycles. The molecule has 66 valence electrons. The van der Waals surface area contributed by atoms with Crippen LogP contribution in [-0.2, 0) is 5.41 Å². The Morgan fingerprint density at radius 1 is 1.33 bits per heavy atom. The molecule has 1 heterocycles. The minimum atomic E-state index is 0.154. The van der Waals surface area contributed by atoms with Crippen molar-refractivity contribution in [2.24, 2.45) is 0 Å². The van der Waals surface area contributed by atoms with Gasteiger partial charge in [0.05, 0.1) is 0 Å². The predicted molar refractivity (Wildman–Crippen MR) is 52.1 cm³/mol. The third-order valence-electron chi connectivity index (χ3n) is 2.05. The van der Waals surface area contributed by atoms with E-state index in [2.05, 4.69) is 25.8 Å². The predicted octanol–water partition coefficient (Wildman–Crippen LogP) is 2.27. The van der Waals surface area contributed by atoms with Gasteiger partial charge in [-0.2, -0.15) is 0 Å². The smallest absolute Gasteiger partial charge is 0.126 e. The lowest BCUT2D eigenvalue weighted by Gasteiger charge is -2.21. The molecule has 0 aliphatic rings. The van der Waals surface area contributed by atoms with Crippen LogP contribution in [-0.4, -0.2) is 4.98 Å². The molecule has 0 fully saturated rings. The van der Waals surface area contributed by atoms with Crippen LogP contribution in [0.2, 0.25) is 0 Å². The van der Waals surface area contributed by atoms with E-state index < -0.39 is 0 Å². The molecule has 2 N–H and O–H groups in total. The highest BCUT2D eigenvalue weighted by Gasteiger charge is 2.16. The van der Waals surface area contributed by atoms with Gasteiger partial charge in [-0.25, -0.2) is 4.98 Å². The maximum atomic E-state index is 5.71. The Labute approximate surface area is 73.8 Å². The number of nitrogens with two attached hydrogens (primary N) is 1. The lowest BCUT2D eigenvalue weighted by Crippen LogP contribution is -2.14. The lowest BCUT2D eigenvalue weighted by molar-refractivity contribution is 0.585. The minimum absolute atomic E-state index is 0.154. The first-order chi connectivity index (χ1) is 5.43. The third kappa shape index (κ3) is 1.58. The van der Waals surface area contributed by atoms with Crippen molar-refractivity contribution in [1.29, 1.82) is 0 Å². The van der Waals surface area contributed by atoms with E-state index in [1.54, 1.807) is 6.20 Å². The fourth-order valence-corrected chi connectivity index (χ4v) is 1.36. The molecular formula is C10H16N2. The molecule has 0 unspecified atom stereocenters. The van der Waals surface area contributed by atoms with E-state index in [1.165, 1.54) is 5.56 Å². The largest absolute Gasteiger partial charge is 0.383 e. The van der Waals surface area contributed by atoms with Crippen molar-refractivity contribution in [3.05, 3.63) is 23.4 Å². The summed E-state index contributed by atoms with van der Waals surface area (Å²) >= 11 is 0. The number of hydrogen-bond acceptors (Lipinski definition) is 2. The van der Waals surface area contributed by atoms with E-state index in [-0.39, 0.29) is 5.41 Å². The number of hydrogen-bond donors (Lipinski definition) is 1. The van der Waals surface area contributed by atoms with Crippen LogP contribution in [0.3, 0.4) is 0 Å². The van der Waals surface area contributed by atoms with Crippen molar-refractivity contribution >= 4 is 5.82 Å². The first-order valence-corrected chi connectivity index (χ1v) is 4.14. The highest BCUT2D eigenvalue weighted by molar-refractivity contribution is 5.45. The Balaban J connectivity index is 3.26. The van der Waals surface area contributed by atoms with Crippen LogP contribution in [0, 0.1) is 6.92 Å². The monoisotopic (exact) mass is 164 g/mol. The van der Waals surface area contributed by atoms with Crippen LogP contribution < -0.4 is 5.73 Å². The molecule has 1 aromatic heterocycles. The van der Waals surface area contributed by atoms with Crippen LogP contribution in [0.15, 0.2) is 12.3 Å². The zero-order valence-corrected chi connectivity index (χ0v) is 8.18. The number of rotatable bonds is 0. The third-order valence-corrected chi connectivity index (χ3v) is 2.05. The zero-order valence-electron chi connectivity index (χ0n) is 8.18. The van der Waals surface area contributed by atoms with Gasteiger partial charge in [0.2, 0.25) is 0 Å². The van der Waals surface area contributed by atoms with E-state index >= 15 is 0 Å². The molecule has 1 rings (SSSR count). The number of anilines is 1. The number of nitrogen functional groups attached to an aromatic ring is 1. The summed E-state index contributed by atoms with van der Waals surface area (Å²) in [4.78, 5) is 4.03. The Morgan fingerprint density at radius 2 is 1.92 bits per heavy atom. The summed E-state index contributed by atoms with van der Waals surface area (Å²) in [5, 5.41) is 0. The van der Waals surface area contributed by atoms with E-state index in [0.29, 0.717) is 5.82 Å². The molecule has 0 saturated heterocycles. The van der Waals surface area contributed by atoms with Gasteiger partial charge in [0, 0.05) is 6.20 Å². The summed E-state index contributed by atoms with van der Waals surface area (Å²) in [7, 11) is 0. The highest BCUT2D eigenvalue weighted by Crippen LogP contribution is 2.26. The summed E-state index contributed by atoms with van der Waals surface area (Å²) in [5.74, 6) is 0.641. The summed E-state index contributed by atoms with van der Waals surface area (Å²) < 4.78 is 0. The van der Waals surface area contributed by atoms with Gasteiger partial charge in [0.1, 0.15) is 5.82 Å². The first-order valence-electron chi connectivity index (χ1n) is 4.14. The second kappa shape index (κ2) is 2.77. The van der Waals surface area contributed by atoms with Gasteiger partial charge in [0.15, 0.2) is 0 Å². The summed E-state index contributed by atoms with van der Waals surface area (Å²) in [5.41, 5.74) is 8.24. The van der Waals surface area contributed by atoms with Crippen LogP contribution in [0.1, 0.15) is 31.9 Å². The Kier molecular flexibility index (Phi) is 2.09. The molecule has 0 amide bonds. The van der Waals surface area contributed by atoms with Crippen LogP contribution in [0.25, 0.3) is 0 Å². The number of aromatic nitrogens is 1. The maximum absolute atomic E-state index is 5.71. The van der Waals surface area contributed by atoms with Crippen molar-refractivity contribution in [1.82, 2.24) is 4.98 Å². The maximum Gasteiger partial charge on any atom is 0.126 e. The van der Waals surface area contributed by atoms with Crippen LogP contribution in [0.5, 0.6) is 0 Å². The molecule has 0 spiro atoms. The van der Waals surface area contributed by atoms with Crippen molar-refractivity contribution < 1.29 is 0 Å². The minimum Gasteiger partial charge on any atom is -0.383 e.